The highest BCUT2D eigenvalue weighted by molar-refractivity contribution is 5.80. The molecule has 3 rings (SSSR count). The second kappa shape index (κ2) is 3.90. The maximum Gasteiger partial charge on any atom is 0.201 e. The van der Waals surface area contributed by atoms with Crippen molar-refractivity contribution in [3.63, 3.8) is 0 Å². The van der Waals surface area contributed by atoms with E-state index in [1.165, 1.54) is 25.7 Å². The van der Waals surface area contributed by atoms with Crippen molar-refractivity contribution in [2.75, 3.05) is 12.8 Å². The van der Waals surface area contributed by atoms with Crippen molar-refractivity contribution < 1.29 is 4.74 Å². The Bertz CT molecular complexity index is 582. The highest BCUT2D eigenvalue weighted by atomic mass is 16.5. The van der Waals surface area contributed by atoms with Crippen LogP contribution in [-0.2, 0) is 5.54 Å². The average molecular weight is 245 g/mol. The standard InChI is InChI=1S/C14H19N3O/c1-14(7-3-4-8-14)17-12-9-10(18-2)5-6-11(12)16-13(17)15/h5-6,9H,3-4,7-8H2,1-2H3,(H2,15,16). The van der Waals surface area contributed by atoms with Gasteiger partial charge in [0, 0.05) is 11.6 Å². The van der Waals surface area contributed by atoms with Crippen LogP contribution in [0.2, 0.25) is 0 Å². The van der Waals surface area contributed by atoms with E-state index in [-0.39, 0.29) is 5.54 Å². The largest absolute Gasteiger partial charge is 0.497 e. The van der Waals surface area contributed by atoms with E-state index in [9.17, 15) is 0 Å². The zero-order valence-corrected chi connectivity index (χ0v) is 10.9. The number of hydrogen-bond acceptors (Lipinski definition) is 3. The monoisotopic (exact) mass is 245 g/mol. The van der Waals surface area contributed by atoms with Crippen molar-refractivity contribution in [2.45, 2.75) is 38.1 Å². The van der Waals surface area contributed by atoms with Gasteiger partial charge in [-0.3, -0.25) is 0 Å². The maximum absolute atomic E-state index is 6.12. The molecule has 4 heteroatoms. The Hall–Kier alpha value is -1.71. The lowest BCUT2D eigenvalue weighted by molar-refractivity contribution is 0.343. The van der Waals surface area contributed by atoms with E-state index in [1.54, 1.807) is 7.11 Å². The van der Waals surface area contributed by atoms with Gasteiger partial charge in [0.05, 0.1) is 18.1 Å². The quantitative estimate of drug-likeness (QED) is 0.885. The van der Waals surface area contributed by atoms with Crippen molar-refractivity contribution in [3.05, 3.63) is 18.2 Å². The number of nitrogen functional groups attached to an aromatic ring is 1. The Labute approximate surface area is 107 Å². The number of methoxy groups -OCH3 is 1. The molecule has 0 bridgehead atoms. The summed E-state index contributed by atoms with van der Waals surface area (Å²) in [6.45, 7) is 2.27. The van der Waals surface area contributed by atoms with Crippen molar-refractivity contribution in [1.82, 2.24) is 9.55 Å². The molecule has 0 spiro atoms. The first-order valence-corrected chi connectivity index (χ1v) is 6.46. The fourth-order valence-corrected chi connectivity index (χ4v) is 3.13. The molecule has 0 radical (unpaired) electrons. The topological polar surface area (TPSA) is 53.1 Å². The van der Waals surface area contributed by atoms with Gasteiger partial charge in [0.25, 0.3) is 0 Å². The lowest BCUT2D eigenvalue weighted by Crippen LogP contribution is -2.27. The molecule has 18 heavy (non-hydrogen) atoms. The van der Waals surface area contributed by atoms with Crippen LogP contribution in [0, 0.1) is 0 Å². The molecule has 2 aromatic rings. The maximum atomic E-state index is 6.12. The summed E-state index contributed by atoms with van der Waals surface area (Å²) in [5.74, 6) is 1.47. The zero-order chi connectivity index (χ0) is 12.8. The van der Waals surface area contributed by atoms with Crippen molar-refractivity contribution in [1.29, 1.82) is 0 Å². The molecule has 1 aromatic heterocycles. The molecule has 0 amide bonds. The van der Waals surface area contributed by atoms with Crippen LogP contribution in [0.25, 0.3) is 11.0 Å². The summed E-state index contributed by atoms with van der Waals surface area (Å²) in [5, 5.41) is 0. The van der Waals surface area contributed by atoms with Crippen LogP contribution in [0.3, 0.4) is 0 Å². The number of rotatable bonds is 2. The second-order valence-electron chi connectivity index (χ2n) is 5.36. The van der Waals surface area contributed by atoms with Crippen LogP contribution in [0.1, 0.15) is 32.6 Å². The van der Waals surface area contributed by atoms with E-state index in [4.69, 9.17) is 10.5 Å². The fourth-order valence-electron chi connectivity index (χ4n) is 3.13. The van der Waals surface area contributed by atoms with Gasteiger partial charge in [0.15, 0.2) is 0 Å². The zero-order valence-electron chi connectivity index (χ0n) is 10.9. The molecular weight excluding hydrogens is 226 g/mol. The Kier molecular flexibility index (Phi) is 2.47. The third-order valence-corrected chi connectivity index (χ3v) is 4.11. The Morgan fingerprint density at radius 2 is 2.06 bits per heavy atom. The van der Waals surface area contributed by atoms with E-state index >= 15 is 0 Å². The predicted molar refractivity (Wildman–Crippen MR) is 72.8 cm³/mol. The summed E-state index contributed by atoms with van der Waals surface area (Å²) < 4.78 is 7.49. The molecule has 1 heterocycles. The van der Waals surface area contributed by atoms with Crippen molar-refractivity contribution in [2.24, 2.45) is 0 Å². The highest BCUT2D eigenvalue weighted by Gasteiger charge is 2.33. The third-order valence-electron chi connectivity index (χ3n) is 4.11. The number of nitrogens with zero attached hydrogens (tertiary/aromatic N) is 2. The van der Waals surface area contributed by atoms with Crippen LogP contribution < -0.4 is 10.5 Å². The molecule has 0 atom stereocenters. The molecule has 96 valence electrons. The minimum Gasteiger partial charge on any atom is -0.497 e. The summed E-state index contributed by atoms with van der Waals surface area (Å²) in [6.07, 6.45) is 4.86. The summed E-state index contributed by atoms with van der Waals surface area (Å²) in [4.78, 5) is 4.46. The van der Waals surface area contributed by atoms with Gasteiger partial charge in [0.1, 0.15) is 5.75 Å². The van der Waals surface area contributed by atoms with Crippen molar-refractivity contribution in [3.8, 4) is 5.75 Å². The molecule has 0 unspecified atom stereocenters. The van der Waals surface area contributed by atoms with Crippen LogP contribution in [0.15, 0.2) is 18.2 Å². The first kappa shape index (κ1) is 11.4. The number of hydrogen-bond donors (Lipinski definition) is 1. The number of fused-ring (bicyclic) bond motifs is 1. The molecule has 1 aliphatic carbocycles. The molecule has 1 aromatic carbocycles. The first-order valence-electron chi connectivity index (χ1n) is 6.46. The number of nitrogens with two attached hydrogens (primary N) is 1. The van der Waals surface area contributed by atoms with Crippen LogP contribution in [-0.4, -0.2) is 16.7 Å². The van der Waals surface area contributed by atoms with Gasteiger partial charge >= 0.3 is 0 Å². The number of benzene rings is 1. The minimum atomic E-state index is 0.102. The SMILES string of the molecule is COc1ccc2nc(N)n(C3(C)CCCC3)c2c1. The van der Waals surface area contributed by atoms with Crippen LogP contribution in [0.5, 0.6) is 5.75 Å². The first-order chi connectivity index (χ1) is 8.64. The molecular formula is C14H19N3O. The van der Waals surface area contributed by atoms with Gasteiger partial charge in [-0.05, 0) is 31.9 Å². The minimum absolute atomic E-state index is 0.102. The van der Waals surface area contributed by atoms with Crippen molar-refractivity contribution >= 4 is 17.0 Å². The lowest BCUT2D eigenvalue weighted by atomic mass is 10.00. The Morgan fingerprint density at radius 3 is 2.72 bits per heavy atom. The molecule has 2 N–H and O–H groups in total. The molecule has 1 fully saturated rings. The van der Waals surface area contributed by atoms with Gasteiger partial charge in [-0.2, -0.15) is 0 Å². The van der Waals surface area contributed by atoms with Crippen LogP contribution in [0.4, 0.5) is 5.95 Å². The molecule has 0 aliphatic heterocycles. The summed E-state index contributed by atoms with van der Waals surface area (Å²) >= 11 is 0. The van der Waals surface area contributed by atoms with E-state index < -0.39 is 0 Å². The van der Waals surface area contributed by atoms with Gasteiger partial charge in [0.2, 0.25) is 5.95 Å². The van der Waals surface area contributed by atoms with E-state index in [1.807, 2.05) is 18.2 Å². The van der Waals surface area contributed by atoms with Crippen LogP contribution >= 0.6 is 0 Å². The third kappa shape index (κ3) is 1.55. The highest BCUT2D eigenvalue weighted by Crippen LogP contribution is 2.40. The second-order valence-corrected chi connectivity index (χ2v) is 5.36. The Balaban J connectivity index is 2.23. The summed E-state index contributed by atoms with van der Waals surface area (Å²) in [6, 6.07) is 5.93. The molecule has 0 saturated heterocycles. The number of anilines is 1. The number of imidazole rings is 1. The molecule has 1 aliphatic rings. The predicted octanol–water partition coefficient (Wildman–Crippen LogP) is 2.92. The van der Waals surface area contributed by atoms with Gasteiger partial charge < -0.3 is 15.0 Å². The van der Waals surface area contributed by atoms with Gasteiger partial charge in [-0.15, -0.1) is 0 Å². The summed E-state index contributed by atoms with van der Waals surface area (Å²) in [5.41, 5.74) is 8.25. The van der Waals surface area contributed by atoms with E-state index in [0.29, 0.717) is 5.95 Å². The van der Waals surface area contributed by atoms with E-state index in [0.717, 1.165) is 16.8 Å². The smallest absolute Gasteiger partial charge is 0.201 e. The normalized spacial score (nSPS) is 18.3. The average Bonchev–Trinajstić information content (AvgIpc) is 2.91. The van der Waals surface area contributed by atoms with E-state index in [2.05, 4.69) is 16.5 Å². The Morgan fingerprint density at radius 1 is 1.33 bits per heavy atom. The number of aromatic nitrogens is 2. The summed E-state index contributed by atoms with van der Waals surface area (Å²) in [7, 11) is 1.68. The fraction of sp³-hybridized carbons (Fsp3) is 0.500. The number of ether oxygens (including phenoxy) is 1. The molecule has 1 saturated carbocycles. The van der Waals surface area contributed by atoms with Gasteiger partial charge in [-0.1, -0.05) is 12.8 Å². The lowest BCUT2D eigenvalue weighted by Gasteiger charge is -2.27. The molecule has 4 nitrogen and oxygen atoms in total. The van der Waals surface area contributed by atoms with Gasteiger partial charge in [-0.25, -0.2) is 4.98 Å².